The molecule has 4 heterocycles. The number of benzene rings is 13. The number of hydrogen-bond acceptors (Lipinski definition) is 3. The van der Waals surface area contributed by atoms with Crippen molar-refractivity contribution >= 4 is 88.7 Å². The molecule has 0 saturated heterocycles. The molecule has 1 aromatic heterocycles. The van der Waals surface area contributed by atoms with Gasteiger partial charge in [-0.15, -0.1) is 11.3 Å². The van der Waals surface area contributed by atoms with E-state index in [1.165, 1.54) is 171 Å². The van der Waals surface area contributed by atoms with Gasteiger partial charge in [-0.3, -0.25) is 0 Å². The standard InChI is InChI=1S/C98H89BN2S/c1-94(2,3)72-47-71(48-73(53-72)95(4,5)6)68-37-41-83-86(52-68)101-88-59-76(98(13,14)15)58-87-91(88)99(83)84-51-67(60-27-19-16-20-28-60)38-42-85(84)100(87)92-77(61-29-21-17-22-30-61)54-74(96(7,8)9)56-79(92)69-35-25-33-63(45-69)65-39-43-89-81(49-65)82-50-66(40-44-90(82)102-89)64-34-26-36-70(46-64)80-57-75(97(10,11)12)55-78(93(80)101)62-31-23-18-24-32-62/h16-59H,1-15H3. The van der Waals surface area contributed by atoms with E-state index in [0.29, 0.717) is 0 Å². The predicted molar refractivity (Wildman–Crippen MR) is 444 cm³/mol. The third-order valence-corrected chi connectivity index (χ3v) is 23.2. The summed E-state index contributed by atoms with van der Waals surface area (Å²) < 4.78 is 2.57. The number of thiophene rings is 1. The van der Waals surface area contributed by atoms with E-state index in [2.05, 4.69) is 381 Å². The van der Waals surface area contributed by atoms with Gasteiger partial charge in [-0.2, -0.15) is 0 Å². The number of anilines is 6. The van der Waals surface area contributed by atoms with E-state index in [1.807, 2.05) is 11.3 Å². The van der Waals surface area contributed by atoms with E-state index in [0.717, 1.165) is 16.9 Å². The Hall–Kier alpha value is -10.3. The first-order valence-electron chi connectivity index (χ1n) is 36.6. The first kappa shape index (κ1) is 65.1. The molecule has 3 aliphatic heterocycles. The molecule has 14 aromatic rings. The average molecular weight is 1340 g/mol. The molecule has 102 heavy (non-hydrogen) atoms. The van der Waals surface area contributed by atoms with E-state index in [-0.39, 0.29) is 33.8 Å². The van der Waals surface area contributed by atoms with E-state index in [1.54, 1.807) is 0 Å². The van der Waals surface area contributed by atoms with Crippen LogP contribution in [0.1, 0.15) is 132 Å². The second-order valence-electron chi connectivity index (χ2n) is 34.3. The summed E-state index contributed by atoms with van der Waals surface area (Å²) in [5, 5.41) is 2.55. The minimum atomic E-state index is -0.310. The number of nitrogens with zero attached hydrogens (tertiary/aromatic N) is 2. The topological polar surface area (TPSA) is 6.48 Å². The highest BCUT2D eigenvalue weighted by atomic mass is 32.1. The molecule has 0 spiro atoms. The zero-order valence-corrected chi connectivity index (χ0v) is 62.6. The van der Waals surface area contributed by atoms with Crippen LogP contribution >= 0.6 is 11.3 Å². The van der Waals surface area contributed by atoms with Crippen molar-refractivity contribution in [3.8, 4) is 89.0 Å². The van der Waals surface area contributed by atoms with Crippen molar-refractivity contribution in [1.82, 2.24) is 0 Å². The van der Waals surface area contributed by atoms with Gasteiger partial charge >= 0.3 is 0 Å². The second kappa shape index (κ2) is 23.7. The van der Waals surface area contributed by atoms with Crippen molar-refractivity contribution in [3.63, 3.8) is 0 Å². The largest absolute Gasteiger partial charge is 0.310 e. The zero-order chi connectivity index (χ0) is 70.7. The first-order chi connectivity index (χ1) is 48.7. The van der Waals surface area contributed by atoms with E-state index < -0.39 is 0 Å². The van der Waals surface area contributed by atoms with Crippen LogP contribution in [0, 0.1) is 0 Å². The fraction of sp³-hybridized carbons (Fsp3) is 0.204. The molecule has 0 unspecified atom stereocenters. The summed E-state index contributed by atoms with van der Waals surface area (Å²) in [6.07, 6.45) is 0. The van der Waals surface area contributed by atoms with Gasteiger partial charge < -0.3 is 9.80 Å². The quantitative estimate of drug-likeness (QED) is 0.162. The molecule has 500 valence electrons. The summed E-state index contributed by atoms with van der Waals surface area (Å²) in [4.78, 5) is 5.51. The summed E-state index contributed by atoms with van der Waals surface area (Å²) in [5.74, 6) is 0. The van der Waals surface area contributed by atoms with Gasteiger partial charge in [-0.05, 0) is 223 Å². The van der Waals surface area contributed by atoms with Gasteiger partial charge in [0.2, 0.25) is 0 Å². The predicted octanol–water partition coefficient (Wildman–Crippen LogP) is 26.3. The van der Waals surface area contributed by atoms with Crippen molar-refractivity contribution < 1.29 is 0 Å². The van der Waals surface area contributed by atoms with Crippen LogP contribution in [-0.2, 0) is 27.1 Å². The molecule has 13 bridgehead atoms. The molecule has 17 rings (SSSR count). The fourth-order valence-corrected chi connectivity index (χ4v) is 17.2. The number of hydrogen-bond donors (Lipinski definition) is 0. The van der Waals surface area contributed by atoms with Crippen LogP contribution in [0.4, 0.5) is 34.1 Å². The second-order valence-corrected chi connectivity index (χ2v) is 35.3. The minimum absolute atomic E-state index is 0.0925. The lowest BCUT2D eigenvalue weighted by molar-refractivity contribution is 0.569. The Bertz CT molecular complexity index is 5690. The molecule has 4 heteroatoms. The van der Waals surface area contributed by atoms with Crippen LogP contribution in [0.2, 0.25) is 0 Å². The van der Waals surface area contributed by atoms with Crippen molar-refractivity contribution in [1.29, 1.82) is 0 Å². The highest BCUT2D eigenvalue weighted by Crippen LogP contribution is 2.56. The molecule has 0 amide bonds. The molecule has 3 aliphatic rings. The van der Waals surface area contributed by atoms with Crippen molar-refractivity contribution in [3.05, 3.63) is 295 Å². The lowest BCUT2D eigenvalue weighted by atomic mass is 9.33. The third kappa shape index (κ3) is 11.2. The minimum Gasteiger partial charge on any atom is -0.310 e. The Kier molecular flexibility index (Phi) is 15.1. The zero-order valence-electron chi connectivity index (χ0n) is 61.8. The normalized spacial score (nSPS) is 13.4. The van der Waals surface area contributed by atoms with Crippen LogP contribution in [0.15, 0.2) is 267 Å². The Labute approximate surface area is 609 Å². The van der Waals surface area contributed by atoms with Gasteiger partial charge in [0.05, 0.1) is 11.4 Å². The number of rotatable bonds is 4. The van der Waals surface area contributed by atoms with Crippen LogP contribution in [-0.4, -0.2) is 6.71 Å². The summed E-state index contributed by atoms with van der Waals surface area (Å²) in [6.45, 7) is 35.5. The van der Waals surface area contributed by atoms with Gasteiger partial charge in [0.25, 0.3) is 6.71 Å². The SMILES string of the molecule is CC(C)(C)c1cc(-c2ccc3c(c2)N2c4cc(C(C)(C)C)cc5c4B3c3cc(-c4ccccc4)ccc3N5c3c(-c4ccccc4)cc(C(C)(C)C)cc3-c3cccc(c3)-c3ccc4sc5ccc(cc5c4c3)-c3cccc(c3)-c3cc(C(C)(C)C)cc(-c4ccccc4)c32)cc(C(C)(C)C)c1. The lowest BCUT2D eigenvalue weighted by Crippen LogP contribution is -2.61. The van der Waals surface area contributed by atoms with Crippen LogP contribution < -0.4 is 26.2 Å². The molecule has 0 aliphatic carbocycles. The molecule has 0 fully saturated rings. The smallest absolute Gasteiger partial charge is 0.252 e. The molecular weight excluding hydrogens is 1250 g/mol. The lowest BCUT2D eigenvalue weighted by Gasteiger charge is -2.47. The summed E-state index contributed by atoms with van der Waals surface area (Å²) >= 11 is 1.88. The van der Waals surface area contributed by atoms with Gasteiger partial charge in [-0.1, -0.05) is 286 Å². The molecule has 0 atom stereocenters. The maximum atomic E-state index is 2.78. The average Bonchev–Trinajstić information content (AvgIpc) is 0.789. The molecule has 0 radical (unpaired) electrons. The van der Waals surface area contributed by atoms with Gasteiger partial charge in [0.15, 0.2) is 0 Å². The van der Waals surface area contributed by atoms with Crippen molar-refractivity contribution in [2.24, 2.45) is 0 Å². The summed E-state index contributed by atoms with van der Waals surface area (Å²) in [5.41, 5.74) is 35.3. The fourth-order valence-electron chi connectivity index (χ4n) is 16.2. The van der Waals surface area contributed by atoms with Gasteiger partial charge in [-0.25, -0.2) is 0 Å². The van der Waals surface area contributed by atoms with Gasteiger partial charge in [0, 0.05) is 65.2 Å². The van der Waals surface area contributed by atoms with Crippen molar-refractivity contribution in [2.45, 2.75) is 131 Å². The molecular formula is C98H89BN2S. The monoisotopic (exact) mass is 1340 g/mol. The summed E-state index contributed by atoms with van der Waals surface area (Å²) in [6, 6.07) is 105. The first-order valence-corrected chi connectivity index (χ1v) is 37.5. The third-order valence-electron chi connectivity index (χ3n) is 22.1. The molecule has 13 aromatic carbocycles. The molecule has 0 saturated carbocycles. The number of fused-ring (bicyclic) bond motifs is 20. The summed E-state index contributed by atoms with van der Waals surface area (Å²) in [7, 11) is 0. The van der Waals surface area contributed by atoms with Crippen molar-refractivity contribution in [2.75, 3.05) is 9.80 Å². The van der Waals surface area contributed by atoms with Crippen LogP contribution in [0.5, 0.6) is 0 Å². The van der Waals surface area contributed by atoms with Crippen LogP contribution in [0.3, 0.4) is 0 Å². The molecule has 2 nitrogen and oxygen atoms in total. The van der Waals surface area contributed by atoms with E-state index >= 15 is 0 Å². The highest BCUT2D eigenvalue weighted by molar-refractivity contribution is 7.25. The maximum absolute atomic E-state index is 2.78. The van der Waals surface area contributed by atoms with E-state index in [9.17, 15) is 0 Å². The highest BCUT2D eigenvalue weighted by Gasteiger charge is 2.47. The maximum Gasteiger partial charge on any atom is 0.252 e. The Morgan fingerprint density at radius 2 is 0.588 bits per heavy atom. The Morgan fingerprint density at radius 1 is 0.235 bits per heavy atom. The van der Waals surface area contributed by atoms with Gasteiger partial charge in [0.1, 0.15) is 0 Å². The molecule has 0 N–H and O–H groups in total. The van der Waals surface area contributed by atoms with E-state index in [4.69, 9.17) is 0 Å². The Balaban J connectivity index is 1.10. The van der Waals surface area contributed by atoms with Crippen LogP contribution in [0.25, 0.3) is 109 Å². The Morgan fingerprint density at radius 3 is 1.05 bits per heavy atom.